The molecule has 160 valence electrons. The Kier molecular flexibility index (Phi) is 4.96. The van der Waals surface area contributed by atoms with E-state index >= 15 is 0 Å². The first-order chi connectivity index (χ1) is 14.6. The van der Waals surface area contributed by atoms with Crippen molar-refractivity contribution >= 4 is 17.0 Å². The molecule has 4 rings (SSSR count). The molecule has 0 unspecified atom stereocenters. The van der Waals surface area contributed by atoms with Crippen molar-refractivity contribution in [1.29, 1.82) is 0 Å². The highest BCUT2D eigenvalue weighted by molar-refractivity contribution is 6.03. The van der Waals surface area contributed by atoms with Gasteiger partial charge in [0, 0.05) is 18.3 Å². The maximum Gasteiger partial charge on any atom is 0.416 e. The number of nitrogens with zero attached hydrogens (tertiary/aromatic N) is 5. The Labute approximate surface area is 173 Å². The Bertz CT molecular complexity index is 1280. The summed E-state index contributed by atoms with van der Waals surface area (Å²) in [7, 11) is 1.73. The summed E-state index contributed by atoms with van der Waals surface area (Å²) < 4.78 is 50.0. The van der Waals surface area contributed by atoms with Gasteiger partial charge in [-0.25, -0.2) is 9.78 Å². The summed E-state index contributed by atoms with van der Waals surface area (Å²) in [6.45, 7) is 3.23. The number of esters is 1. The van der Waals surface area contributed by atoms with Gasteiger partial charge >= 0.3 is 12.1 Å². The number of hydrogen-bond donors (Lipinski definition) is 0. The molecule has 0 amide bonds. The maximum absolute atomic E-state index is 12.7. The van der Waals surface area contributed by atoms with Crippen LogP contribution in [0.3, 0.4) is 0 Å². The zero-order valence-corrected chi connectivity index (χ0v) is 16.7. The van der Waals surface area contributed by atoms with Crippen molar-refractivity contribution in [3.63, 3.8) is 0 Å². The maximum atomic E-state index is 12.7. The van der Waals surface area contributed by atoms with Crippen molar-refractivity contribution in [3.05, 3.63) is 58.7 Å². The highest BCUT2D eigenvalue weighted by atomic mass is 19.4. The average Bonchev–Trinajstić information content (AvgIpc) is 3.30. The number of fused-ring (bicyclic) bond motifs is 1. The first-order valence-corrected chi connectivity index (χ1v) is 9.12. The zero-order chi connectivity index (χ0) is 22.3. The van der Waals surface area contributed by atoms with E-state index in [1.165, 1.54) is 12.1 Å². The summed E-state index contributed by atoms with van der Waals surface area (Å²) in [5.41, 5.74) is 1.71. The molecule has 3 aromatic heterocycles. The van der Waals surface area contributed by atoms with E-state index < -0.39 is 17.7 Å². The normalized spacial score (nSPS) is 11.8. The molecule has 3 heterocycles. The summed E-state index contributed by atoms with van der Waals surface area (Å²) >= 11 is 0. The van der Waals surface area contributed by atoms with Crippen LogP contribution in [-0.4, -0.2) is 30.9 Å². The van der Waals surface area contributed by atoms with Crippen molar-refractivity contribution < 1.29 is 27.2 Å². The predicted molar refractivity (Wildman–Crippen MR) is 102 cm³/mol. The second kappa shape index (κ2) is 7.49. The van der Waals surface area contributed by atoms with Gasteiger partial charge in [-0.1, -0.05) is 17.3 Å². The third-order valence-electron chi connectivity index (χ3n) is 4.58. The van der Waals surface area contributed by atoms with E-state index in [9.17, 15) is 18.0 Å². The molecule has 11 heteroatoms. The highest BCUT2D eigenvalue weighted by Crippen LogP contribution is 2.30. The van der Waals surface area contributed by atoms with Gasteiger partial charge in [-0.3, -0.25) is 4.68 Å². The van der Waals surface area contributed by atoms with Crippen LogP contribution in [0.4, 0.5) is 13.2 Å². The molecule has 0 atom stereocenters. The molecule has 0 radical (unpaired) electrons. The number of pyridine rings is 1. The minimum Gasteiger partial charge on any atom is -0.452 e. The van der Waals surface area contributed by atoms with Gasteiger partial charge in [0.05, 0.1) is 22.2 Å². The number of benzene rings is 1. The molecular weight excluding hydrogens is 415 g/mol. The van der Waals surface area contributed by atoms with E-state index in [1.54, 1.807) is 31.6 Å². The van der Waals surface area contributed by atoms with Crippen molar-refractivity contribution in [3.8, 4) is 11.4 Å². The average molecular weight is 431 g/mol. The van der Waals surface area contributed by atoms with Crippen LogP contribution in [0.15, 0.2) is 34.9 Å². The smallest absolute Gasteiger partial charge is 0.416 e. The zero-order valence-electron chi connectivity index (χ0n) is 16.7. The molecule has 4 aromatic rings. The van der Waals surface area contributed by atoms with Crippen LogP contribution < -0.4 is 0 Å². The van der Waals surface area contributed by atoms with Gasteiger partial charge in [0.15, 0.2) is 12.3 Å². The van der Waals surface area contributed by atoms with Gasteiger partial charge in [-0.15, -0.1) is 0 Å². The fourth-order valence-electron chi connectivity index (χ4n) is 3.18. The number of aryl methyl sites for hydroxylation is 3. The largest absolute Gasteiger partial charge is 0.452 e. The molecule has 0 aliphatic rings. The highest BCUT2D eigenvalue weighted by Gasteiger charge is 2.30. The van der Waals surface area contributed by atoms with Gasteiger partial charge in [0.25, 0.3) is 5.89 Å². The lowest BCUT2D eigenvalue weighted by atomic mass is 10.1. The number of carbonyl (C=O) groups is 1. The first kappa shape index (κ1) is 20.5. The molecule has 0 aliphatic heterocycles. The Morgan fingerprint density at radius 3 is 2.55 bits per heavy atom. The number of ether oxygens (including phenoxy) is 1. The summed E-state index contributed by atoms with van der Waals surface area (Å²) in [5.74, 6) is -0.515. The Morgan fingerprint density at radius 1 is 1.16 bits per heavy atom. The molecule has 0 saturated carbocycles. The van der Waals surface area contributed by atoms with Crippen molar-refractivity contribution in [2.75, 3.05) is 0 Å². The van der Waals surface area contributed by atoms with Crippen LogP contribution >= 0.6 is 0 Å². The number of alkyl halides is 3. The van der Waals surface area contributed by atoms with Crippen LogP contribution in [0.25, 0.3) is 22.4 Å². The molecular formula is C20H16F3N5O3. The molecule has 0 N–H and O–H groups in total. The van der Waals surface area contributed by atoms with E-state index in [-0.39, 0.29) is 18.3 Å². The van der Waals surface area contributed by atoms with Gasteiger partial charge in [0.2, 0.25) is 5.82 Å². The van der Waals surface area contributed by atoms with Gasteiger partial charge < -0.3 is 9.26 Å². The molecule has 0 aliphatic carbocycles. The number of aromatic nitrogens is 5. The fourth-order valence-corrected chi connectivity index (χ4v) is 3.18. The number of rotatable bonds is 4. The molecule has 0 saturated heterocycles. The summed E-state index contributed by atoms with van der Waals surface area (Å²) in [5, 5.41) is 8.61. The van der Waals surface area contributed by atoms with E-state index in [1.807, 2.05) is 0 Å². The van der Waals surface area contributed by atoms with Crippen LogP contribution in [-0.2, 0) is 24.6 Å². The van der Waals surface area contributed by atoms with E-state index in [2.05, 4.69) is 20.2 Å². The lowest BCUT2D eigenvalue weighted by molar-refractivity contribution is -0.137. The van der Waals surface area contributed by atoms with Gasteiger partial charge in [-0.2, -0.15) is 23.3 Å². The Balaban J connectivity index is 1.50. The lowest BCUT2D eigenvalue weighted by Crippen LogP contribution is -2.08. The second-order valence-electron chi connectivity index (χ2n) is 6.88. The molecule has 0 bridgehead atoms. The minimum atomic E-state index is -4.43. The van der Waals surface area contributed by atoms with Gasteiger partial charge in [0.1, 0.15) is 0 Å². The Morgan fingerprint density at radius 2 is 1.87 bits per heavy atom. The monoisotopic (exact) mass is 431 g/mol. The van der Waals surface area contributed by atoms with Crippen molar-refractivity contribution in [2.45, 2.75) is 26.6 Å². The summed E-state index contributed by atoms with van der Waals surface area (Å²) in [4.78, 5) is 21.1. The van der Waals surface area contributed by atoms with E-state index in [4.69, 9.17) is 9.26 Å². The first-order valence-electron chi connectivity index (χ1n) is 9.12. The lowest BCUT2D eigenvalue weighted by Gasteiger charge is -2.06. The standard InChI is InChI=1S/C20H16F3N5O3/c1-10-8-14(16-11(2)26-28(3)18(16)24-10)19(29)30-9-15-25-17(27-31-15)12-4-6-13(7-5-12)20(21,22)23/h4-8H,9H2,1-3H3. The molecule has 1 aromatic carbocycles. The molecule has 0 fully saturated rings. The molecule has 31 heavy (non-hydrogen) atoms. The predicted octanol–water partition coefficient (Wildman–Crippen LogP) is 4.01. The number of carbonyl (C=O) groups excluding carboxylic acids is 1. The quantitative estimate of drug-likeness (QED) is 0.451. The number of halogens is 3. The van der Waals surface area contributed by atoms with Gasteiger partial charge in [-0.05, 0) is 32.0 Å². The number of hydrogen-bond acceptors (Lipinski definition) is 7. The van der Waals surface area contributed by atoms with Crippen LogP contribution in [0.1, 0.15) is 33.2 Å². The second-order valence-corrected chi connectivity index (χ2v) is 6.88. The SMILES string of the molecule is Cc1cc(C(=O)OCc2nc(-c3ccc(C(F)(F)F)cc3)no2)c2c(C)nn(C)c2n1. The van der Waals surface area contributed by atoms with Crippen molar-refractivity contribution in [2.24, 2.45) is 7.05 Å². The molecule has 0 spiro atoms. The third kappa shape index (κ3) is 3.98. The van der Waals surface area contributed by atoms with Crippen molar-refractivity contribution in [1.82, 2.24) is 24.9 Å². The van der Waals surface area contributed by atoms with Crippen LogP contribution in [0.2, 0.25) is 0 Å². The minimum absolute atomic E-state index is 0.00757. The molecule has 8 nitrogen and oxygen atoms in total. The third-order valence-corrected chi connectivity index (χ3v) is 4.58. The van der Waals surface area contributed by atoms with Crippen LogP contribution in [0.5, 0.6) is 0 Å². The fraction of sp³-hybridized carbons (Fsp3) is 0.250. The summed E-state index contributed by atoms with van der Waals surface area (Å²) in [6.07, 6.45) is -4.43. The van der Waals surface area contributed by atoms with E-state index in [0.717, 1.165) is 12.1 Å². The van der Waals surface area contributed by atoms with E-state index in [0.29, 0.717) is 33.5 Å². The Hall–Kier alpha value is -3.76. The topological polar surface area (TPSA) is 95.9 Å². The summed E-state index contributed by atoms with van der Waals surface area (Å²) in [6, 6.07) is 5.95. The van der Waals surface area contributed by atoms with Crippen LogP contribution in [0, 0.1) is 13.8 Å².